The van der Waals surface area contributed by atoms with E-state index in [2.05, 4.69) is 4.90 Å². The predicted molar refractivity (Wildman–Crippen MR) is 115 cm³/mol. The summed E-state index contributed by atoms with van der Waals surface area (Å²) in [5, 5.41) is 24.9. The number of aryl methyl sites for hydroxylation is 1. The van der Waals surface area contributed by atoms with Crippen LogP contribution >= 0.6 is 0 Å². The minimum atomic E-state index is -1.30. The third-order valence-electron chi connectivity index (χ3n) is 4.93. The van der Waals surface area contributed by atoms with E-state index in [0.717, 1.165) is 13.1 Å². The lowest BCUT2D eigenvalue weighted by molar-refractivity contribution is -0.134. The first-order valence-corrected chi connectivity index (χ1v) is 9.72. The van der Waals surface area contributed by atoms with Gasteiger partial charge in [-0.25, -0.2) is 18.8 Å². The number of carbonyl (C=O) groups is 3. The molecule has 1 aromatic carbocycles. The van der Waals surface area contributed by atoms with Crippen molar-refractivity contribution in [3.8, 4) is 0 Å². The van der Waals surface area contributed by atoms with Gasteiger partial charge in [0.25, 0.3) is 0 Å². The van der Waals surface area contributed by atoms with Crippen molar-refractivity contribution < 1.29 is 34.1 Å². The predicted octanol–water partition coefficient (Wildman–Crippen LogP) is 1.32. The van der Waals surface area contributed by atoms with E-state index in [4.69, 9.17) is 10.2 Å². The third kappa shape index (κ3) is 5.91. The normalized spacial score (nSPS) is 14.3. The standard InChI is InChI=1S/C17H20FN3O3.C4H4O4/c1-3-20-10-12(17(23)24)16(22)11-8-13(18)15(9-14(11)20)21-6-4-19(2)5-7-21;5-3(6)1-2-4(7)8/h8-10H,3-7H2,1-2H3,(H,23,24);1-2H,(H,5,6)(H,7,8)/b;2-1-. The zero-order chi connectivity index (χ0) is 24.0. The van der Waals surface area contributed by atoms with Crippen LogP contribution in [0, 0.1) is 5.82 Å². The summed E-state index contributed by atoms with van der Waals surface area (Å²) in [6, 6.07) is 2.83. The molecule has 2 heterocycles. The largest absolute Gasteiger partial charge is 0.478 e. The number of pyridine rings is 1. The van der Waals surface area contributed by atoms with Crippen molar-refractivity contribution in [1.29, 1.82) is 0 Å². The molecule has 3 N–H and O–H groups in total. The SMILES string of the molecule is CCn1cc(C(=O)O)c(=O)c2cc(F)c(N3CCN(C)CC3)cc21.O=C(O)/C=C\C(=O)O. The van der Waals surface area contributed by atoms with Gasteiger partial charge in [0.2, 0.25) is 5.43 Å². The summed E-state index contributed by atoms with van der Waals surface area (Å²) in [6.07, 6.45) is 2.45. The number of aliphatic carboxylic acids is 2. The number of halogens is 1. The molecule has 1 saturated heterocycles. The van der Waals surface area contributed by atoms with Crippen LogP contribution in [0.1, 0.15) is 17.3 Å². The summed E-state index contributed by atoms with van der Waals surface area (Å²) in [7, 11) is 2.02. The van der Waals surface area contributed by atoms with Gasteiger partial charge in [-0.3, -0.25) is 4.79 Å². The van der Waals surface area contributed by atoms with Crippen molar-refractivity contribution in [3.63, 3.8) is 0 Å². The van der Waals surface area contributed by atoms with Crippen LogP contribution in [0.4, 0.5) is 10.1 Å². The molecule has 11 heteroatoms. The summed E-state index contributed by atoms with van der Waals surface area (Å²) in [5.74, 6) is -4.30. The molecule has 2 aromatic rings. The second kappa shape index (κ2) is 10.5. The lowest BCUT2D eigenvalue weighted by Gasteiger charge is -2.34. The van der Waals surface area contributed by atoms with Gasteiger partial charge < -0.3 is 29.7 Å². The Bertz CT molecular complexity index is 1100. The number of hydrogen-bond acceptors (Lipinski definition) is 6. The van der Waals surface area contributed by atoms with Gasteiger partial charge >= 0.3 is 17.9 Å². The minimum absolute atomic E-state index is 0.104. The number of nitrogens with zero attached hydrogens (tertiary/aromatic N) is 3. The first-order chi connectivity index (χ1) is 15.0. The van der Waals surface area contributed by atoms with Crippen LogP contribution in [0.25, 0.3) is 10.9 Å². The maximum atomic E-state index is 14.6. The Kier molecular flexibility index (Phi) is 8.08. The zero-order valence-corrected chi connectivity index (χ0v) is 17.6. The molecule has 0 spiro atoms. The van der Waals surface area contributed by atoms with Gasteiger partial charge in [-0.2, -0.15) is 0 Å². The first-order valence-electron chi connectivity index (χ1n) is 9.72. The third-order valence-corrected chi connectivity index (χ3v) is 4.93. The fourth-order valence-electron chi connectivity index (χ4n) is 3.25. The van der Waals surface area contributed by atoms with E-state index in [1.54, 1.807) is 10.6 Å². The molecular formula is C21H24FN3O7. The summed E-state index contributed by atoms with van der Waals surface area (Å²) >= 11 is 0. The van der Waals surface area contributed by atoms with E-state index in [1.165, 1.54) is 12.3 Å². The molecule has 0 unspecified atom stereocenters. The average Bonchev–Trinajstić information content (AvgIpc) is 2.73. The number of aromatic nitrogens is 1. The summed E-state index contributed by atoms with van der Waals surface area (Å²) in [6.45, 7) is 5.45. The number of piperazine rings is 1. The van der Waals surface area contributed by atoms with Crippen molar-refractivity contribution in [2.24, 2.45) is 0 Å². The number of hydrogen-bond donors (Lipinski definition) is 3. The number of anilines is 1. The summed E-state index contributed by atoms with van der Waals surface area (Å²) in [4.78, 5) is 46.8. The van der Waals surface area contributed by atoms with Gasteiger partial charge in [-0.05, 0) is 26.1 Å². The van der Waals surface area contributed by atoms with Crippen molar-refractivity contribution in [1.82, 2.24) is 9.47 Å². The number of fused-ring (bicyclic) bond motifs is 1. The quantitative estimate of drug-likeness (QED) is 0.577. The maximum absolute atomic E-state index is 14.6. The Morgan fingerprint density at radius 1 is 1.03 bits per heavy atom. The van der Waals surface area contributed by atoms with Crippen molar-refractivity contribution in [3.05, 3.63) is 52.1 Å². The van der Waals surface area contributed by atoms with Gasteiger partial charge in [0, 0.05) is 56.5 Å². The van der Waals surface area contributed by atoms with Crippen LogP contribution in [-0.4, -0.2) is 75.9 Å². The van der Waals surface area contributed by atoms with Gasteiger partial charge in [-0.1, -0.05) is 0 Å². The fourth-order valence-corrected chi connectivity index (χ4v) is 3.25. The van der Waals surface area contributed by atoms with E-state index in [0.29, 0.717) is 43.0 Å². The van der Waals surface area contributed by atoms with Crippen LogP contribution in [0.15, 0.2) is 35.3 Å². The average molecular weight is 449 g/mol. The molecular weight excluding hydrogens is 425 g/mol. The van der Waals surface area contributed by atoms with Gasteiger partial charge in [0.15, 0.2) is 0 Å². The topological polar surface area (TPSA) is 140 Å². The monoisotopic (exact) mass is 449 g/mol. The molecule has 1 fully saturated rings. The van der Waals surface area contributed by atoms with E-state index in [9.17, 15) is 28.7 Å². The van der Waals surface area contributed by atoms with E-state index in [1.807, 2.05) is 18.9 Å². The first kappa shape index (κ1) is 24.5. The molecule has 0 bridgehead atoms. The number of likely N-dealkylation sites (N-methyl/N-ethyl adjacent to an activating group) is 1. The number of carboxylic acid groups (broad SMARTS) is 3. The van der Waals surface area contributed by atoms with Gasteiger partial charge in [-0.15, -0.1) is 0 Å². The fraction of sp³-hybridized carbons (Fsp3) is 0.333. The van der Waals surface area contributed by atoms with E-state index >= 15 is 0 Å². The van der Waals surface area contributed by atoms with Crippen molar-refractivity contribution in [2.75, 3.05) is 38.1 Å². The second-order valence-electron chi connectivity index (χ2n) is 7.08. The zero-order valence-electron chi connectivity index (χ0n) is 17.6. The number of rotatable bonds is 5. The molecule has 10 nitrogen and oxygen atoms in total. The Labute approximate surface area is 182 Å². The molecule has 32 heavy (non-hydrogen) atoms. The molecule has 172 valence electrons. The molecule has 0 atom stereocenters. The lowest BCUT2D eigenvalue weighted by Crippen LogP contribution is -2.44. The van der Waals surface area contributed by atoms with Crippen LogP contribution in [-0.2, 0) is 16.1 Å². The van der Waals surface area contributed by atoms with Crippen molar-refractivity contribution in [2.45, 2.75) is 13.5 Å². The van der Waals surface area contributed by atoms with Crippen LogP contribution in [0.2, 0.25) is 0 Å². The van der Waals surface area contributed by atoms with Crippen molar-refractivity contribution >= 4 is 34.5 Å². The molecule has 0 radical (unpaired) electrons. The summed E-state index contributed by atoms with van der Waals surface area (Å²) < 4.78 is 16.3. The van der Waals surface area contributed by atoms with Crippen LogP contribution in [0.3, 0.4) is 0 Å². The molecule has 1 aliphatic heterocycles. The Hall–Kier alpha value is -3.73. The van der Waals surface area contributed by atoms with Crippen LogP contribution in [0.5, 0.6) is 0 Å². The number of benzene rings is 1. The summed E-state index contributed by atoms with van der Waals surface area (Å²) in [5.41, 5.74) is 0.0326. The molecule has 0 aliphatic carbocycles. The molecule has 0 amide bonds. The minimum Gasteiger partial charge on any atom is -0.478 e. The second-order valence-corrected chi connectivity index (χ2v) is 7.08. The Balaban J connectivity index is 0.000000390. The highest BCUT2D eigenvalue weighted by Gasteiger charge is 2.21. The lowest BCUT2D eigenvalue weighted by atomic mass is 10.1. The highest BCUT2D eigenvalue weighted by Crippen LogP contribution is 2.26. The highest BCUT2D eigenvalue weighted by atomic mass is 19.1. The molecule has 0 saturated carbocycles. The van der Waals surface area contributed by atoms with E-state index < -0.39 is 29.2 Å². The Morgan fingerprint density at radius 2 is 1.59 bits per heavy atom. The Morgan fingerprint density at radius 3 is 2.06 bits per heavy atom. The molecule has 1 aromatic heterocycles. The van der Waals surface area contributed by atoms with Gasteiger partial charge in [0.05, 0.1) is 11.2 Å². The smallest absolute Gasteiger partial charge is 0.341 e. The van der Waals surface area contributed by atoms with Crippen LogP contribution < -0.4 is 10.3 Å². The number of aromatic carboxylic acids is 1. The molecule has 1 aliphatic rings. The maximum Gasteiger partial charge on any atom is 0.341 e. The van der Waals surface area contributed by atoms with Gasteiger partial charge in [0.1, 0.15) is 11.4 Å². The molecule has 3 rings (SSSR count). The highest BCUT2D eigenvalue weighted by molar-refractivity contribution is 5.93. The van der Waals surface area contributed by atoms with E-state index in [-0.39, 0.29) is 10.9 Å². The number of carboxylic acids is 3.